The summed E-state index contributed by atoms with van der Waals surface area (Å²) in [4.78, 5) is 13.9. The predicted octanol–water partition coefficient (Wildman–Crippen LogP) is 0.831. The number of nitrogens with zero attached hydrogens (tertiary/aromatic N) is 3. The van der Waals surface area contributed by atoms with E-state index in [1.807, 2.05) is 13.8 Å². The Morgan fingerprint density at radius 3 is 3.18 bits per heavy atom. The number of hydrogen-bond donors (Lipinski definition) is 1. The SMILES string of the molecule is CCNc1nnc(C(=O)N2CCOC(C)C2)s1. The van der Waals surface area contributed by atoms with Gasteiger partial charge in [-0.15, -0.1) is 10.2 Å². The zero-order valence-corrected chi connectivity index (χ0v) is 10.8. The second kappa shape index (κ2) is 5.42. The molecule has 1 aliphatic rings. The fraction of sp³-hybridized carbons (Fsp3) is 0.700. The van der Waals surface area contributed by atoms with Crippen LogP contribution in [0.3, 0.4) is 0 Å². The fourth-order valence-electron chi connectivity index (χ4n) is 1.67. The molecule has 2 heterocycles. The van der Waals surface area contributed by atoms with Crippen LogP contribution in [0.25, 0.3) is 0 Å². The molecule has 7 heteroatoms. The number of hydrogen-bond acceptors (Lipinski definition) is 6. The van der Waals surface area contributed by atoms with Crippen LogP contribution in [0, 0.1) is 0 Å². The molecule has 1 atom stereocenters. The maximum absolute atomic E-state index is 12.1. The first-order chi connectivity index (χ1) is 8.20. The van der Waals surface area contributed by atoms with Crippen LogP contribution in [-0.2, 0) is 4.74 Å². The topological polar surface area (TPSA) is 67.4 Å². The average molecular weight is 256 g/mol. The minimum atomic E-state index is -0.0539. The Labute approximate surface area is 104 Å². The third kappa shape index (κ3) is 2.92. The number of morpholine rings is 1. The van der Waals surface area contributed by atoms with Crippen molar-refractivity contribution in [3.8, 4) is 0 Å². The molecule has 0 saturated carbocycles. The monoisotopic (exact) mass is 256 g/mol. The average Bonchev–Trinajstić information content (AvgIpc) is 2.77. The third-order valence-electron chi connectivity index (χ3n) is 2.46. The molecule has 0 spiro atoms. The summed E-state index contributed by atoms with van der Waals surface area (Å²) >= 11 is 1.30. The van der Waals surface area contributed by atoms with Crippen molar-refractivity contribution in [1.29, 1.82) is 0 Å². The quantitative estimate of drug-likeness (QED) is 0.867. The zero-order valence-electron chi connectivity index (χ0n) is 9.97. The molecule has 0 aromatic carbocycles. The first-order valence-electron chi connectivity index (χ1n) is 5.69. The predicted molar refractivity (Wildman–Crippen MR) is 65.4 cm³/mol. The zero-order chi connectivity index (χ0) is 12.3. The Kier molecular flexibility index (Phi) is 3.90. The van der Waals surface area contributed by atoms with Crippen molar-refractivity contribution in [2.45, 2.75) is 20.0 Å². The van der Waals surface area contributed by atoms with E-state index in [0.717, 1.165) is 6.54 Å². The maximum Gasteiger partial charge on any atom is 0.285 e. The number of amides is 1. The van der Waals surface area contributed by atoms with E-state index in [1.54, 1.807) is 4.90 Å². The molecule has 17 heavy (non-hydrogen) atoms. The molecule has 0 radical (unpaired) electrons. The van der Waals surface area contributed by atoms with Crippen LogP contribution in [-0.4, -0.2) is 53.3 Å². The number of carbonyl (C=O) groups excluding carboxylic acids is 1. The van der Waals surface area contributed by atoms with Gasteiger partial charge in [0.25, 0.3) is 5.91 Å². The van der Waals surface area contributed by atoms with Crippen LogP contribution in [0.1, 0.15) is 23.6 Å². The minimum absolute atomic E-state index is 0.0539. The molecule has 1 N–H and O–H groups in total. The van der Waals surface area contributed by atoms with Crippen LogP contribution in [0.5, 0.6) is 0 Å². The largest absolute Gasteiger partial charge is 0.375 e. The van der Waals surface area contributed by atoms with E-state index < -0.39 is 0 Å². The second-order valence-electron chi connectivity index (χ2n) is 3.88. The van der Waals surface area contributed by atoms with Crippen molar-refractivity contribution >= 4 is 22.4 Å². The summed E-state index contributed by atoms with van der Waals surface area (Å²) in [6.07, 6.45) is 0.0915. The summed E-state index contributed by atoms with van der Waals surface area (Å²) < 4.78 is 5.40. The van der Waals surface area contributed by atoms with Gasteiger partial charge >= 0.3 is 0 Å². The van der Waals surface area contributed by atoms with Crippen LogP contribution in [0.2, 0.25) is 0 Å². The Balaban J connectivity index is 2.02. The first kappa shape index (κ1) is 12.3. The lowest BCUT2D eigenvalue weighted by Gasteiger charge is -2.30. The van der Waals surface area contributed by atoms with Crippen molar-refractivity contribution in [3.05, 3.63) is 5.01 Å². The van der Waals surface area contributed by atoms with Gasteiger partial charge in [-0.2, -0.15) is 0 Å². The van der Waals surface area contributed by atoms with Crippen molar-refractivity contribution in [3.63, 3.8) is 0 Å². The Morgan fingerprint density at radius 1 is 1.65 bits per heavy atom. The summed E-state index contributed by atoms with van der Waals surface area (Å²) in [6.45, 7) is 6.55. The maximum atomic E-state index is 12.1. The van der Waals surface area contributed by atoms with E-state index in [1.165, 1.54) is 11.3 Å². The van der Waals surface area contributed by atoms with E-state index in [-0.39, 0.29) is 12.0 Å². The lowest BCUT2D eigenvalue weighted by Crippen LogP contribution is -2.44. The Morgan fingerprint density at radius 2 is 2.47 bits per heavy atom. The second-order valence-corrected chi connectivity index (χ2v) is 4.85. The summed E-state index contributed by atoms with van der Waals surface area (Å²) in [5.41, 5.74) is 0. The van der Waals surface area contributed by atoms with Crippen LogP contribution in [0.15, 0.2) is 0 Å². The smallest absolute Gasteiger partial charge is 0.285 e. The number of ether oxygens (including phenoxy) is 1. The number of nitrogens with one attached hydrogen (secondary N) is 1. The van der Waals surface area contributed by atoms with Gasteiger partial charge in [-0.05, 0) is 13.8 Å². The molecule has 1 unspecified atom stereocenters. The van der Waals surface area contributed by atoms with Crippen molar-refractivity contribution in [2.24, 2.45) is 0 Å². The lowest BCUT2D eigenvalue weighted by atomic mass is 10.3. The Hall–Kier alpha value is -1.21. The van der Waals surface area contributed by atoms with E-state index in [4.69, 9.17) is 4.74 Å². The highest BCUT2D eigenvalue weighted by Crippen LogP contribution is 2.18. The normalized spacial score (nSPS) is 20.4. The van der Waals surface area contributed by atoms with Gasteiger partial charge in [0, 0.05) is 19.6 Å². The number of aromatic nitrogens is 2. The van der Waals surface area contributed by atoms with E-state index in [0.29, 0.717) is 29.8 Å². The Bertz CT molecular complexity index is 395. The number of anilines is 1. The van der Waals surface area contributed by atoms with E-state index in [9.17, 15) is 4.79 Å². The molecule has 1 aromatic rings. The minimum Gasteiger partial charge on any atom is -0.375 e. The highest BCUT2D eigenvalue weighted by molar-refractivity contribution is 7.17. The van der Waals surface area contributed by atoms with Crippen molar-refractivity contribution < 1.29 is 9.53 Å². The lowest BCUT2D eigenvalue weighted by molar-refractivity contribution is -0.0124. The molecule has 1 aromatic heterocycles. The summed E-state index contributed by atoms with van der Waals surface area (Å²) in [6, 6.07) is 0. The van der Waals surface area contributed by atoms with Gasteiger partial charge in [0.1, 0.15) is 0 Å². The van der Waals surface area contributed by atoms with Gasteiger partial charge in [-0.25, -0.2) is 0 Å². The summed E-state index contributed by atoms with van der Waals surface area (Å²) in [5, 5.41) is 12.0. The van der Waals surface area contributed by atoms with Crippen LogP contribution >= 0.6 is 11.3 Å². The van der Waals surface area contributed by atoms with Gasteiger partial charge in [-0.1, -0.05) is 11.3 Å². The third-order valence-corrected chi connectivity index (χ3v) is 3.33. The molecule has 2 rings (SSSR count). The van der Waals surface area contributed by atoms with Crippen LogP contribution in [0.4, 0.5) is 5.13 Å². The van der Waals surface area contributed by atoms with E-state index in [2.05, 4.69) is 15.5 Å². The standard InChI is InChI=1S/C10H16N4O2S/c1-3-11-10-13-12-8(17-10)9(15)14-4-5-16-7(2)6-14/h7H,3-6H2,1-2H3,(H,11,13). The molecule has 0 aliphatic carbocycles. The summed E-state index contributed by atoms with van der Waals surface area (Å²) in [7, 11) is 0. The summed E-state index contributed by atoms with van der Waals surface area (Å²) in [5.74, 6) is -0.0539. The highest BCUT2D eigenvalue weighted by Gasteiger charge is 2.25. The molecule has 1 amide bonds. The van der Waals surface area contributed by atoms with Gasteiger partial charge in [0.2, 0.25) is 10.1 Å². The van der Waals surface area contributed by atoms with Crippen molar-refractivity contribution in [2.75, 3.05) is 31.6 Å². The molecule has 0 bridgehead atoms. The fourth-order valence-corrected chi connectivity index (χ4v) is 2.45. The van der Waals surface area contributed by atoms with E-state index >= 15 is 0 Å². The number of carbonyl (C=O) groups is 1. The number of rotatable bonds is 3. The molecule has 6 nitrogen and oxygen atoms in total. The molecule has 1 saturated heterocycles. The van der Waals surface area contributed by atoms with Crippen LogP contribution < -0.4 is 5.32 Å². The molecule has 1 aliphatic heterocycles. The van der Waals surface area contributed by atoms with Gasteiger partial charge in [-0.3, -0.25) is 4.79 Å². The molecular weight excluding hydrogens is 240 g/mol. The first-order valence-corrected chi connectivity index (χ1v) is 6.50. The van der Waals surface area contributed by atoms with Gasteiger partial charge in [0.05, 0.1) is 12.7 Å². The van der Waals surface area contributed by atoms with Gasteiger partial charge < -0.3 is 15.0 Å². The molecule has 94 valence electrons. The highest BCUT2D eigenvalue weighted by atomic mass is 32.1. The van der Waals surface area contributed by atoms with Gasteiger partial charge in [0.15, 0.2) is 0 Å². The molecular formula is C10H16N4O2S. The molecule has 1 fully saturated rings. The van der Waals surface area contributed by atoms with Crippen molar-refractivity contribution in [1.82, 2.24) is 15.1 Å².